The van der Waals surface area contributed by atoms with Crippen molar-refractivity contribution in [2.45, 2.75) is 19.8 Å². The molecule has 0 radical (unpaired) electrons. The summed E-state index contributed by atoms with van der Waals surface area (Å²) in [7, 11) is 0. The Kier molecular flexibility index (Phi) is 4.32. The van der Waals surface area contributed by atoms with Gasteiger partial charge in [0.1, 0.15) is 0 Å². The molecule has 2 rings (SSSR count). The summed E-state index contributed by atoms with van der Waals surface area (Å²) in [6.07, 6.45) is 1.50. The minimum Gasteiger partial charge on any atom is -0.466 e. The van der Waals surface area contributed by atoms with Gasteiger partial charge in [0.2, 0.25) is 0 Å². The van der Waals surface area contributed by atoms with E-state index >= 15 is 0 Å². The molecule has 20 heavy (non-hydrogen) atoms. The fraction of sp³-hybridized carbons (Fsp3) is 0.429. The van der Waals surface area contributed by atoms with E-state index in [2.05, 4.69) is 21.2 Å². The molecule has 0 unspecified atom stereocenters. The van der Waals surface area contributed by atoms with Gasteiger partial charge in [-0.05, 0) is 38.0 Å². The smallest absolute Gasteiger partial charge is 0.313 e. The summed E-state index contributed by atoms with van der Waals surface area (Å²) in [5.41, 5.74) is 6.06. The van der Waals surface area contributed by atoms with E-state index in [1.807, 2.05) is 0 Å². The maximum absolute atomic E-state index is 12.1. The van der Waals surface area contributed by atoms with Crippen molar-refractivity contribution < 1.29 is 14.3 Å². The van der Waals surface area contributed by atoms with Crippen LogP contribution in [0.2, 0.25) is 0 Å². The first-order valence-corrected chi connectivity index (χ1v) is 7.28. The number of rotatable bonds is 5. The first-order valence-electron chi connectivity index (χ1n) is 6.49. The van der Waals surface area contributed by atoms with Crippen LogP contribution < -0.4 is 11.1 Å². The van der Waals surface area contributed by atoms with Crippen molar-refractivity contribution in [3.8, 4) is 0 Å². The third-order valence-electron chi connectivity index (χ3n) is 3.41. The van der Waals surface area contributed by atoms with Crippen molar-refractivity contribution in [3.63, 3.8) is 0 Å². The average Bonchev–Trinajstić information content (AvgIpc) is 3.20. The van der Waals surface area contributed by atoms with Crippen molar-refractivity contribution in [2.75, 3.05) is 18.9 Å². The summed E-state index contributed by atoms with van der Waals surface area (Å²) >= 11 is 3.30. The summed E-state index contributed by atoms with van der Waals surface area (Å²) in [5, 5.41) is 2.77. The molecule has 0 bridgehead atoms. The lowest BCUT2D eigenvalue weighted by Crippen LogP contribution is -2.35. The molecular weight excluding hydrogens is 324 g/mol. The molecular formula is C14H17BrN2O3. The number of halogens is 1. The fourth-order valence-corrected chi connectivity index (χ4v) is 2.32. The first kappa shape index (κ1) is 14.8. The van der Waals surface area contributed by atoms with Crippen molar-refractivity contribution in [1.82, 2.24) is 5.32 Å². The van der Waals surface area contributed by atoms with Crippen molar-refractivity contribution in [2.24, 2.45) is 5.41 Å². The van der Waals surface area contributed by atoms with E-state index in [0.29, 0.717) is 17.9 Å². The minimum atomic E-state index is -0.535. The average molecular weight is 341 g/mol. The van der Waals surface area contributed by atoms with Crippen LogP contribution in [0.4, 0.5) is 5.69 Å². The highest BCUT2D eigenvalue weighted by molar-refractivity contribution is 9.10. The summed E-state index contributed by atoms with van der Waals surface area (Å²) < 4.78 is 5.81. The Labute approximate surface area is 126 Å². The Morgan fingerprint density at radius 2 is 2.15 bits per heavy atom. The highest BCUT2D eigenvalue weighted by Gasteiger charge is 2.51. The summed E-state index contributed by atoms with van der Waals surface area (Å²) in [4.78, 5) is 23.9. The van der Waals surface area contributed by atoms with Gasteiger partial charge in [-0.3, -0.25) is 9.59 Å². The Bertz CT molecular complexity index is 541. The number of benzene rings is 1. The molecule has 0 spiro atoms. The van der Waals surface area contributed by atoms with Crippen LogP contribution in [0, 0.1) is 5.41 Å². The Hall–Kier alpha value is -1.56. The molecule has 6 heteroatoms. The molecule has 108 valence electrons. The highest BCUT2D eigenvalue weighted by atomic mass is 79.9. The fourth-order valence-electron chi connectivity index (χ4n) is 1.96. The largest absolute Gasteiger partial charge is 0.466 e. The van der Waals surface area contributed by atoms with E-state index in [1.165, 1.54) is 0 Å². The number of carbonyl (C=O) groups is 2. The lowest BCUT2D eigenvalue weighted by atomic mass is 10.1. The number of ether oxygens (including phenoxy) is 1. The number of hydrogen-bond donors (Lipinski definition) is 2. The molecule has 1 aromatic carbocycles. The standard InChI is InChI=1S/C14H17BrN2O3/c1-2-20-13(19)14(5-6-14)8-17-12(18)10-7-9(15)3-4-11(10)16/h3-4,7H,2,5-6,8,16H2,1H3,(H,17,18). The number of nitrogens with one attached hydrogen (secondary N) is 1. The molecule has 0 heterocycles. The summed E-state index contributed by atoms with van der Waals surface area (Å²) in [6.45, 7) is 2.42. The molecule has 0 aromatic heterocycles. The summed E-state index contributed by atoms with van der Waals surface area (Å²) in [6, 6.07) is 5.10. The molecule has 1 aromatic rings. The molecule has 1 fully saturated rings. The third-order valence-corrected chi connectivity index (χ3v) is 3.90. The second kappa shape index (κ2) is 5.83. The normalized spacial score (nSPS) is 15.5. The van der Waals surface area contributed by atoms with E-state index in [9.17, 15) is 9.59 Å². The lowest BCUT2D eigenvalue weighted by molar-refractivity contribution is -0.149. The van der Waals surface area contributed by atoms with Crippen molar-refractivity contribution in [1.29, 1.82) is 0 Å². The van der Waals surface area contributed by atoms with Crippen LogP contribution in [0.1, 0.15) is 30.1 Å². The van der Waals surface area contributed by atoms with Crippen LogP contribution in [0.15, 0.2) is 22.7 Å². The maximum Gasteiger partial charge on any atom is 0.313 e. The molecule has 0 aliphatic heterocycles. The van der Waals surface area contributed by atoms with Gasteiger partial charge in [-0.1, -0.05) is 15.9 Å². The van der Waals surface area contributed by atoms with Gasteiger partial charge in [-0.2, -0.15) is 0 Å². The van der Waals surface area contributed by atoms with Crippen LogP contribution >= 0.6 is 15.9 Å². The molecule has 0 saturated heterocycles. The molecule has 1 amide bonds. The number of esters is 1. The van der Waals surface area contributed by atoms with Gasteiger partial charge < -0.3 is 15.8 Å². The van der Waals surface area contributed by atoms with Crippen LogP contribution in [0.5, 0.6) is 0 Å². The molecule has 3 N–H and O–H groups in total. The minimum absolute atomic E-state index is 0.234. The highest BCUT2D eigenvalue weighted by Crippen LogP contribution is 2.46. The number of nitrogens with two attached hydrogens (primary N) is 1. The second-order valence-corrected chi connectivity index (χ2v) is 5.83. The van der Waals surface area contributed by atoms with Gasteiger partial charge >= 0.3 is 5.97 Å². The Balaban J connectivity index is 1.99. The second-order valence-electron chi connectivity index (χ2n) is 4.92. The van der Waals surface area contributed by atoms with E-state index in [0.717, 1.165) is 17.3 Å². The zero-order valence-corrected chi connectivity index (χ0v) is 12.8. The lowest BCUT2D eigenvalue weighted by Gasteiger charge is -2.15. The number of nitrogen functional groups attached to an aromatic ring is 1. The predicted molar refractivity (Wildman–Crippen MR) is 79.2 cm³/mol. The number of hydrogen-bond acceptors (Lipinski definition) is 4. The van der Waals surface area contributed by atoms with Gasteiger partial charge in [0, 0.05) is 16.7 Å². The number of anilines is 1. The van der Waals surface area contributed by atoms with Gasteiger partial charge in [0.15, 0.2) is 0 Å². The van der Waals surface area contributed by atoms with E-state index in [4.69, 9.17) is 10.5 Å². The van der Waals surface area contributed by atoms with Crippen molar-refractivity contribution in [3.05, 3.63) is 28.2 Å². The van der Waals surface area contributed by atoms with Gasteiger partial charge in [0.05, 0.1) is 17.6 Å². The molecule has 1 aliphatic carbocycles. The number of carbonyl (C=O) groups excluding carboxylic acids is 2. The zero-order chi connectivity index (χ0) is 14.8. The Morgan fingerprint density at radius 1 is 1.45 bits per heavy atom. The SMILES string of the molecule is CCOC(=O)C1(CNC(=O)c2cc(Br)ccc2N)CC1. The quantitative estimate of drug-likeness (QED) is 0.635. The molecule has 1 aliphatic rings. The monoisotopic (exact) mass is 340 g/mol. The molecule has 0 atom stereocenters. The van der Waals surface area contributed by atoms with Gasteiger partial charge in [0.25, 0.3) is 5.91 Å². The van der Waals surface area contributed by atoms with Gasteiger partial charge in [-0.25, -0.2) is 0 Å². The van der Waals surface area contributed by atoms with Gasteiger partial charge in [-0.15, -0.1) is 0 Å². The maximum atomic E-state index is 12.1. The topological polar surface area (TPSA) is 81.4 Å². The summed E-state index contributed by atoms with van der Waals surface area (Å²) in [5.74, 6) is -0.512. The number of amides is 1. The van der Waals surface area contributed by atoms with Crippen LogP contribution in [-0.4, -0.2) is 25.0 Å². The third kappa shape index (κ3) is 3.12. The van der Waals surface area contributed by atoms with Crippen LogP contribution in [0.25, 0.3) is 0 Å². The molecule has 5 nitrogen and oxygen atoms in total. The molecule has 1 saturated carbocycles. The van der Waals surface area contributed by atoms with Crippen LogP contribution in [0.3, 0.4) is 0 Å². The Morgan fingerprint density at radius 3 is 2.75 bits per heavy atom. The van der Waals surface area contributed by atoms with E-state index in [-0.39, 0.29) is 18.4 Å². The van der Waals surface area contributed by atoms with Crippen molar-refractivity contribution >= 4 is 33.5 Å². The van der Waals surface area contributed by atoms with E-state index < -0.39 is 5.41 Å². The first-order chi connectivity index (χ1) is 9.48. The van der Waals surface area contributed by atoms with Crippen LogP contribution in [-0.2, 0) is 9.53 Å². The van der Waals surface area contributed by atoms with E-state index in [1.54, 1.807) is 25.1 Å². The predicted octanol–water partition coefficient (Wildman–Crippen LogP) is 2.10. The zero-order valence-electron chi connectivity index (χ0n) is 11.2.